The van der Waals surface area contributed by atoms with Gasteiger partial charge in [-0.25, -0.2) is 0 Å². The molecule has 1 aliphatic rings. The predicted molar refractivity (Wildman–Crippen MR) is 79.4 cm³/mol. The van der Waals surface area contributed by atoms with Crippen LogP contribution >= 0.6 is 0 Å². The summed E-state index contributed by atoms with van der Waals surface area (Å²) in [6, 6.07) is 5.38. The highest BCUT2D eigenvalue weighted by Crippen LogP contribution is 2.33. The first-order chi connectivity index (χ1) is 9.04. The lowest BCUT2D eigenvalue weighted by Crippen LogP contribution is -2.37. The van der Waals surface area contributed by atoms with Crippen molar-refractivity contribution < 1.29 is 4.79 Å². The Morgan fingerprint density at radius 2 is 1.95 bits per heavy atom. The average Bonchev–Trinajstić information content (AvgIpc) is 2.41. The van der Waals surface area contributed by atoms with Crippen molar-refractivity contribution in [1.29, 1.82) is 0 Å². The third kappa shape index (κ3) is 3.19. The van der Waals surface area contributed by atoms with E-state index in [0.29, 0.717) is 11.3 Å². The number of benzene rings is 1. The molecule has 0 unspecified atom stereocenters. The van der Waals surface area contributed by atoms with Crippen molar-refractivity contribution in [1.82, 2.24) is 5.32 Å². The zero-order valence-corrected chi connectivity index (χ0v) is 11.8. The fourth-order valence-electron chi connectivity index (χ4n) is 2.73. The topological polar surface area (TPSA) is 67.2 Å². The van der Waals surface area contributed by atoms with Crippen molar-refractivity contribution in [3.8, 4) is 0 Å². The van der Waals surface area contributed by atoms with Gasteiger partial charge >= 0.3 is 0 Å². The summed E-state index contributed by atoms with van der Waals surface area (Å²) in [5.41, 5.74) is 8.30. The van der Waals surface area contributed by atoms with E-state index >= 15 is 0 Å². The summed E-state index contributed by atoms with van der Waals surface area (Å²) in [6.07, 6.45) is 6.11. The molecule has 0 radical (unpaired) electrons. The lowest BCUT2D eigenvalue weighted by molar-refractivity contribution is 0.0963. The standard InChI is InChI=1S/C15H23N3O/c1-15(8-4-3-5-9-15)18-13-10-11(14(19)17-2)6-7-12(13)16/h6-7,10,18H,3-5,8-9,16H2,1-2H3,(H,17,19). The number of hydrogen-bond donors (Lipinski definition) is 3. The molecule has 104 valence electrons. The van der Waals surface area contributed by atoms with Crippen LogP contribution in [0.1, 0.15) is 49.4 Å². The molecule has 4 heteroatoms. The molecule has 0 bridgehead atoms. The fraction of sp³-hybridized carbons (Fsp3) is 0.533. The summed E-state index contributed by atoms with van der Waals surface area (Å²) in [7, 11) is 1.63. The SMILES string of the molecule is CNC(=O)c1ccc(N)c(NC2(C)CCCCC2)c1. The second kappa shape index (κ2) is 5.51. The van der Waals surface area contributed by atoms with Gasteiger partial charge in [-0.05, 0) is 38.0 Å². The Kier molecular flexibility index (Phi) is 3.98. The molecule has 4 N–H and O–H groups in total. The van der Waals surface area contributed by atoms with Crippen LogP contribution in [0.2, 0.25) is 0 Å². The highest BCUT2D eigenvalue weighted by Gasteiger charge is 2.27. The first-order valence-electron chi connectivity index (χ1n) is 6.94. The van der Waals surface area contributed by atoms with E-state index in [4.69, 9.17) is 5.73 Å². The van der Waals surface area contributed by atoms with E-state index in [1.165, 1.54) is 19.3 Å². The molecule has 19 heavy (non-hydrogen) atoms. The maximum Gasteiger partial charge on any atom is 0.251 e. The van der Waals surface area contributed by atoms with E-state index in [1.807, 2.05) is 6.07 Å². The maximum absolute atomic E-state index is 11.7. The molecule has 1 aromatic carbocycles. The van der Waals surface area contributed by atoms with Gasteiger partial charge < -0.3 is 16.4 Å². The van der Waals surface area contributed by atoms with Gasteiger partial charge in [0.15, 0.2) is 0 Å². The summed E-state index contributed by atoms with van der Waals surface area (Å²) in [4.78, 5) is 11.7. The minimum atomic E-state index is -0.0863. The summed E-state index contributed by atoms with van der Waals surface area (Å²) in [5.74, 6) is -0.0863. The van der Waals surface area contributed by atoms with Crippen LogP contribution in [0.5, 0.6) is 0 Å². The number of amides is 1. The largest absolute Gasteiger partial charge is 0.397 e. The minimum absolute atomic E-state index is 0.0863. The van der Waals surface area contributed by atoms with Gasteiger partial charge in [0.05, 0.1) is 11.4 Å². The average molecular weight is 261 g/mol. The van der Waals surface area contributed by atoms with Gasteiger partial charge in [0, 0.05) is 18.2 Å². The zero-order chi connectivity index (χ0) is 13.9. The molecule has 0 atom stereocenters. The molecule has 1 aliphatic carbocycles. The highest BCUT2D eigenvalue weighted by atomic mass is 16.1. The molecule has 2 rings (SSSR count). The molecule has 0 aromatic heterocycles. The van der Waals surface area contributed by atoms with Gasteiger partial charge in [0.1, 0.15) is 0 Å². The second-order valence-electron chi connectivity index (χ2n) is 5.63. The highest BCUT2D eigenvalue weighted by molar-refractivity contribution is 5.96. The second-order valence-corrected chi connectivity index (χ2v) is 5.63. The van der Waals surface area contributed by atoms with E-state index < -0.39 is 0 Å². The van der Waals surface area contributed by atoms with Crippen LogP contribution in [0.25, 0.3) is 0 Å². The Labute approximate surface area is 114 Å². The van der Waals surface area contributed by atoms with Crippen LogP contribution in [0.15, 0.2) is 18.2 Å². The Bertz CT molecular complexity index is 464. The normalized spacial score (nSPS) is 17.8. The van der Waals surface area contributed by atoms with E-state index in [0.717, 1.165) is 18.5 Å². The predicted octanol–water partition coefficient (Wildman–Crippen LogP) is 2.76. The van der Waals surface area contributed by atoms with Crippen LogP contribution in [0.4, 0.5) is 11.4 Å². The number of nitrogens with one attached hydrogen (secondary N) is 2. The molecular formula is C15H23N3O. The summed E-state index contributed by atoms with van der Waals surface area (Å²) >= 11 is 0. The Balaban J connectivity index is 2.21. The molecule has 4 nitrogen and oxygen atoms in total. The maximum atomic E-state index is 11.7. The molecule has 0 heterocycles. The monoisotopic (exact) mass is 261 g/mol. The summed E-state index contributed by atoms with van der Waals surface area (Å²) in [5, 5.41) is 6.17. The molecule has 1 amide bonds. The van der Waals surface area contributed by atoms with E-state index in [2.05, 4.69) is 17.6 Å². The number of carbonyl (C=O) groups excluding carboxylic acids is 1. The molecule has 0 saturated heterocycles. The zero-order valence-electron chi connectivity index (χ0n) is 11.8. The number of rotatable bonds is 3. The van der Waals surface area contributed by atoms with Crippen molar-refractivity contribution in [3.63, 3.8) is 0 Å². The minimum Gasteiger partial charge on any atom is -0.397 e. The fourth-order valence-corrected chi connectivity index (χ4v) is 2.73. The first-order valence-corrected chi connectivity index (χ1v) is 6.94. The number of hydrogen-bond acceptors (Lipinski definition) is 3. The Hall–Kier alpha value is -1.71. The van der Waals surface area contributed by atoms with Gasteiger partial charge in [-0.15, -0.1) is 0 Å². The third-order valence-electron chi connectivity index (χ3n) is 3.94. The number of anilines is 2. The van der Waals surface area contributed by atoms with E-state index in [9.17, 15) is 4.79 Å². The number of nitrogens with two attached hydrogens (primary N) is 1. The van der Waals surface area contributed by atoms with Crippen LogP contribution in [-0.2, 0) is 0 Å². The molecule has 1 aromatic rings. The molecule has 0 spiro atoms. The van der Waals surface area contributed by atoms with Crippen LogP contribution in [0.3, 0.4) is 0 Å². The van der Waals surface area contributed by atoms with Crippen molar-refractivity contribution in [3.05, 3.63) is 23.8 Å². The lowest BCUT2D eigenvalue weighted by atomic mass is 9.83. The van der Waals surface area contributed by atoms with Crippen molar-refractivity contribution in [2.75, 3.05) is 18.1 Å². The first kappa shape index (κ1) is 13.7. The van der Waals surface area contributed by atoms with Gasteiger partial charge in [0.2, 0.25) is 0 Å². The quantitative estimate of drug-likeness (QED) is 0.733. The molecule has 1 fully saturated rings. The number of nitrogen functional groups attached to an aromatic ring is 1. The molecular weight excluding hydrogens is 238 g/mol. The lowest BCUT2D eigenvalue weighted by Gasteiger charge is -2.36. The summed E-state index contributed by atoms with van der Waals surface area (Å²) < 4.78 is 0. The smallest absolute Gasteiger partial charge is 0.251 e. The third-order valence-corrected chi connectivity index (χ3v) is 3.94. The molecule has 0 aliphatic heterocycles. The molecule has 1 saturated carbocycles. The van der Waals surface area contributed by atoms with Crippen LogP contribution < -0.4 is 16.4 Å². The Morgan fingerprint density at radius 3 is 2.58 bits per heavy atom. The van der Waals surface area contributed by atoms with Gasteiger partial charge in [-0.3, -0.25) is 4.79 Å². The van der Waals surface area contributed by atoms with Crippen LogP contribution in [-0.4, -0.2) is 18.5 Å². The van der Waals surface area contributed by atoms with Gasteiger partial charge in [-0.1, -0.05) is 19.3 Å². The van der Waals surface area contributed by atoms with Crippen molar-refractivity contribution in [2.24, 2.45) is 0 Å². The van der Waals surface area contributed by atoms with Crippen molar-refractivity contribution >= 4 is 17.3 Å². The van der Waals surface area contributed by atoms with E-state index in [1.54, 1.807) is 19.2 Å². The van der Waals surface area contributed by atoms with E-state index in [-0.39, 0.29) is 11.4 Å². The Morgan fingerprint density at radius 1 is 1.26 bits per heavy atom. The van der Waals surface area contributed by atoms with Gasteiger partial charge in [-0.2, -0.15) is 0 Å². The summed E-state index contributed by atoms with van der Waals surface area (Å²) in [6.45, 7) is 2.23. The van der Waals surface area contributed by atoms with Crippen molar-refractivity contribution in [2.45, 2.75) is 44.6 Å². The van der Waals surface area contributed by atoms with Crippen LogP contribution in [0, 0.1) is 0 Å². The van der Waals surface area contributed by atoms with Gasteiger partial charge in [0.25, 0.3) is 5.91 Å². The number of carbonyl (C=O) groups is 1.